The number of carbonyl (C=O) groups is 2. The summed E-state index contributed by atoms with van der Waals surface area (Å²) in [4.78, 5) is 25.7. The van der Waals surface area contributed by atoms with Crippen molar-refractivity contribution in [1.29, 1.82) is 0 Å². The Morgan fingerprint density at radius 1 is 0.846 bits per heavy atom. The first-order chi connectivity index (χ1) is 18.3. The van der Waals surface area contributed by atoms with Gasteiger partial charge in [-0.15, -0.1) is 0 Å². The second kappa shape index (κ2) is 12.1. The van der Waals surface area contributed by atoms with Gasteiger partial charge >= 0.3 is 6.03 Å². The summed E-state index contributed by atoms with van der Waals surface area (Å²) in [6.07, 6.45) is 0. The molecule has 0 heterocycles. The lowest BCUT2D eigenvalue weighted by atomic mass is 10.0. The Bertz CT molecular complexity index is 1420. The van der Waals surface area contributed by atoms with Gasteiger partial charge in [0, 0.05) is 27.5 Å². The second-order valence-electron chi connectivity index (χ2n) is 9.87. The summed E-state index contributed by atoms with van der Waals surface area (Å²) in [5, 5.41) is 27.7. The van der Waals surface area contributed by atoms with E-state index in [-0.39, 0.29) is 10.6 Å². The van der Waals surface area contributed by atoms with Crippen molar-refractivity contribution in [3.63, 3.8) is 0 Å². The van der Waals surface area contributed by atoms with Crippen LogP contribution in [-0.2, 0) is 14.8 Å². The molecule has 0 bridgehead atoms. The van der Waals surface area contributed by atoms with Gasteiger partial charge in [-0.3, -0.25) is 4.79 Å². The second-order valence-corrected chi connectivity index (χ2v) is 12.0. The van der Waals surface area contributed by atoms with Gasteiger partial charge in [-0.1, -0.05) is 48.0 Å². The number of hydrogen-bond donors (Lipinski definition) is 6. The Balaban J connectivity index is 1.92. The van der Waals surface area contributed by atoms with Gasteiger partial charge < -0.3 is 26.2 Å². The van der Waals surface area contributed by atoms with Crippen molar-refractivity contribution in [3.05, 3.63) is 77.8 Å². The number of benzene rings is 3. The molecule has 0 aliphatic heterocycles. The smallest absolute Gasteiger partial charge is 0.320 e. The molecule has 3 aromatic carbocycles. The Labute approximate surface area is 232 Å². The molecule has 0 saturated heterocycles. The summed E-state index contributed by atoms with van der Waals surface area (Å²) < 4.78 is 29.3. The standard InChI is InChI=1S/C27H31ClN4O6S/c1-26(2,3)32-39(37,38)23-15-21(13-14-22(23)18-7-5-4-6-8-18)29-24(35)27(16-33,17-34)31-25(36)30-20-11-9-19(28)10-12-20/h4-15,32-34H,16-17H2,1-3H3,(H,29,35)(H2,30,31,36). The predicted molar refractivity (Wildman–Crippen MR) is 151 cm³/mol. The van der Waals surface area contributed by atoms with Crippen molar-refractivity contribution in [2.24, 2.45) is 0 Å². The number of amides is 3. The Hall–Kier alpha value is -3.48. The number of rotatable bonds is 9. The fourth-order valence-corrected chi connectivity index (χ4v) is 5.43. The van der Waals surface area contributed by atoms with Crippen LogP contribution in [0.1, 0.15) is 20.8 Å². The summed E-state index contributed by atoms with van der Waals surface area (Å²) in [5.74, 6) is -0.960. The predicted octanol–water partition coefficient (Wildman–Crippen LogP) is 3.57. The molecule has 39 heavy (non-hydrogen) atoms. The molecule has 208 valence electrons. The molecule has 0 unspecified atom stereocenters. The summed E-state index contributed by atoms with van der Waals surface area (Å²) in [7, 11) is -4.05. The molecule has 10 nitrogen and oxygen atoms in total. The molecular formula is C27H31ClN4O6S. The van der Waals surface area contributed by atoms with E-state index >= 15 is 0 Å². The molecule has 0 atom stereocenters. The van der Waals surface area contributed by atoms with Crippen molar-refractivity contribution in [3.8, 4) is 11.1 Å². The van der Waals surface area contributed by atoms with Gasteiger partial charge in [-0.2, -0.15) is 0 Å². The maximum absolute atomic E-state index is 13.4. The van der Waals surface area contributed by atoms with Crippen molar-refractivity contribution >= 4 is 44.9 Å². The monoisotopic (exact) mass is 574 g/mol. The minimum atomic E-state index is -4.05. The third kappa shape index (κ3) is 7.78. The molecule has 0 radical (unpaired) electrons. The Kier molecular flexibility index (Phi) is 9.36. The van der Waals surface area contributed by atoms with E-state index in [1.165, 1.54) is 24.3 Å². The van der Waals surface area contributed by atoms with Crippen LogP contribution in [0.25, 0.3) is 11.1 Å². The van der Waals surface area contributed by atoms with E-state index in [1.807, 2.05) is 0 Å². The topological polar surface area (TPSA) is 157 Å². The molecule has 0 spiro atoms. The molecule has 0 fully saturated rings. The van der Waals surface area contributed by atoms with Crippen LogP contribution in [-0.4, -0.2) is 54.9 Å². The number of hydrogen-bond acceptors (Lipinski definition) is 6. The lowest BCUT2D eigenvalue weighted by Gasteiger charge is -2.29. The first-order valence-electron chi connectivity index (χ1n) is 11.9. The van der Waals surface area contributed by atoms with E-state index in [0.717, 1.165) is 0 Å². The molecule has 3 rings (SSSR count). The zero-order valence-corrected chi connectivity index (χ0v) is 23.2. The number of halogens is 1. The number of urea groups is 1. The van der Waals surface area contributed by atoms with Gasteiger partial charge in [0.2, 0.25) is 10.0 Å². The maximum atomic E-state index is 13.4. The largest absolute Gasteiger partial charge is 0.393 e. The van der Waals surface area contributed by atoms with E-state index < -0.39 is 46.3 Å². The first kappa shape index (κ1) is 30.1. The highest BCUT2D eigenvalue weighted by atomic mass is 35.5. The minimum Gasteiger partial charge on any atom is -0.393 e. The van der Waals surface area contributed by atoms with Gasteiger partial charge in [-0.25, -0.2) is 17.9 Å². The van der Waals surface area contributed by atoms with Gasteiger partial charge in [-0.05, 0) is 62.7 Å². The zero-order valence-electron chi connectivity index (χ0n) is 21.7. The Morgan fingerprint density at radius 3 is 2.00 bits per heavy atom. The summed E-state index contributed by atoms with van der Waals surface area (Å²) in [6.45, 7) is 3.23. The van der Waals surface area contributed by atoms with Crippen molar-refractivity contribution < 1.29 is 28.2 Å². The fraction of sp³-hybridized carbons (Fsp3) is 0.259. The highest BCUT2D eigenvalue weighted by Crippen LogP contribution is 2.31. The quantitative estimate of drug-likeness (QED) is 0.229. The minimum absolute atomic E-state index is 0.0696. The van der Waals surface area contributed by atoms with Crippen LogP contribution in [0.5, 0.6) is 0 Å². The van der Waals surface area contributed by atoms with Crippen LogP contribution in [0.2, 0.25) is 5.02 Å². The van der Waals surface area contributed by atoms with Crippen LogP contribution in [0.4, 0.5) is 16.2 Å². The average Bonchev–Trinajstić information content (AvgIpc) is 2.88. The van der Waals surface area contributed by atoms with Gasteiger partial charge in [0.15, 0.2) is 5.54 Å². The number of nitrogens with one attached hydrogen (secondary N) is 4. The van der Waals surface area contributed by atoms with Crippen molar-refractivity contribution in [2.75, 3.05) is 23.8 Å². The van der Waals surface area contributed by atoms with Crippen LogP contribution in [0, 0.1) is 0 Å². The highest BCUT2D eigenvalue weighted by molar-refractivity contribution is 7.89. The fourth-order valence-electron chi connectivity index (χ4n) is 3.63. The molecule has 3 amide bonds. The molecule has 0 aliphatic carbocycles. The van der Waals surface area contributed by atoms with E-state index in [9.17, 15) is 28.2 Å². The molecule has 6 N–H and O–H groups in total. The van der Waals surface area contributed by atoms with Crippen LogP contribution in [0.15, 0.2) is 77.7 Å². The molecule has 0 aromatic heterocycles. The van der Waals surface area contributed by atoms with Crippen LogP contribution < -0.4 is 20.7 Å². The number of anilines is 2. The molecular weight excluding hydrogens is 544 g/mol. The summed E-state index contributed by atoms with van der Waals surface area (Å²) >= 11 is 5.84. The zero-order chi connectivity index (χ0) is 28.8. The van der Waals surface area contributed by atoms with Crippen molar-refractivity contribution in [1.82, 2.24) is 10.0 Å². The van der Waals surface area contributed by atoms with Gasteiger partial charge in [0.25, 0.3) is 5.91 Å². The number of sulfonamides is 1. The summed E-state index contributed by atoms with van der Waals surface area (Å²) in [5.41, 5.74) is -1.43. The number of carbonyl (C=O) groups excluding carboxylic acids is 2. The van der Waals surface area contributed by atoms with E-state index in [2.05, 4.69) is 20.7 Å². The maximum Gasteiger partial charge on any atom is 0.320 e. The number of aliphatic hydroxyl groups is 2. The average molecular weight is 575 g/mol. The Morgan fingerprint density at radius 2 is 1.44 bits per heavy atom. The third-order valence-corrected chi connectivity index (χ3v) is 7.53. The third-order valence-electron chi connectivity index (χ3n) is 5.48. The SMILES string of the molecule is CC(C)(C)NS(=O)(=O)c1cc(NC(=O)C(CO)(CO)NC(=O)Nc2ccc(Cl)cc2)ccc1-c1ccccc1. The van der Waals surface area contributed by atoms with Gasteiger partial charge in [0.05, 0.1) is 18.1 Å². The highest BCUT2D eigenvalue weighted by Gasteiger charge is 2.39. The van der Waals surface area contributed by atoms with Crippen LogP contribution >= 0.6 is 11.6 Å². The molecule has 12 heteroatoms. The van der Waals surface area contributed by atoms with Gasteiger partial charge in [0.1, 0.15) is 0 Å². The normalized spacial score (nSPS) is 12.1. The van der Waals surface area contributed by atoms with E-state index in [4.69, 9.17) is 11.6 Å². The van der Waals surface area contributed by atoms with Crippen LogP contribution in [0.3, 0.4) is 0 Å². The number of aliphatic hydroxyl groups excluding tert-OH is 2. The van der Waals surface area contributed by atoms with E-state index in [0.29, 0.717) is 21.8 Å². The first-order valence-corrected chi connectivity index (χ1v) is 13.8. The van der Waals surface area contributed by atoms with Crippen molar-refractivity contribution in [2.45, 2.75) is 36.7 Å². The summed E-state index contributed by atoms with van der Waals surface area (Å²) in [6, 6.07) is 18.5. The molecule has 0 aliphatic rings. The molecule has 0 saturated carbocycles. The van der Waals surface area contributed by atoms with E-state index in [1.54, 1.807) is 69.3 Å². The molecule has 3 aromatic rings. The lowest BCUT2D eigenvalue weighted by Crippen LogP contribution is -2.62. The lowest BCUT2D eigenvalue weighted by molar-refractivity contribution is -0.125.